The van der Waals surface area contributed by atoms with Crippen molar-refractivity contribution in [3.8, 4) is 5.75 Å². The Kier molecular flexibility index (Phi) is 8.19. The Bertz CT molecular complexity index is 831. The zero-order valence-electron chi connectivity index (χ0n) is 16.2. The highest BCUT2D eigenvalue weighted by Gasteiger charge is 2.07. The predicted molar refractivity (Wildman–Crippen MR) is 115 cm³/mol. The lowest BCUT2D eigenvalue weighted by Crippen LogP contribution is -2.26. The maximum Gasteiger partial charge on any atom is 0.277 e. The summed E-state index contributed by atoms with van der Waals surface area (Å²) >= 11 is 3.33. The molecule has 0 heterocycles. The average Bonchev–Trinajstić information content (AvgIpc) is 2.66. The molecule has 148 valence electrons. The molecule has 7 heteroatoms. The summed E-state index contributed by atoms with van der Waals surface area (Å²) in [6.07, 6.45) is 0.0831. The van der Waals surface area contributed by atoms with E-state index in [9.17, 15) is 9.59 Å². The minimum atomic E-state index is -0.396. The van der Waals surface area contributed by atoms with Crippen molar-refractivity contribution in [1.82, 2.24) is 5.43 Å². The molecule has 2 aromatic carbocycles. The first-order valence-electron chi connectivity index (χ1n) is 8.93. The predicted octanol–water partition coefficient (Wildman–Crippen LogP) is 4.47. The fourth-order valence-electron chi connectivity index (χ4n) is 2.30. The number of hydrogen-bond donors (Lipinski definition) is 2. The lowest BCUT2D eigenvalue weighted by molar-refractivity contribution is -0.123. The second-order valence-corrected chi connectivity index (χ2v) is 7.54. The number of carbonyl (C=O) groups excluding carboxylic acids is 2. The topological polar surface area (TPSA) is 79.8 Å². The molecule has 2 aromatic rings. The molecule has 0 spiro atoms. The number of halogens is 1. The average molecular weight is 446 g/mol. The van der Waals surface area contributed by atoms with E-state index in [0.717, 1.165) is 10.2 Å². The number of ether oxygens (including phenoxy) is 1. The summed E-state index contributed by atoms with van der Waals surface area (Å²) in [5.74, 6) is 0.434. The van der Waals surface area contributed by atoms with E-state index >= 15 is 0 Å². The minimum Gasteiger partial charge on any atom is -0.484 e. The molecule has 0 saturated heterocycles. The van der Waals surface area contributed by atoms with Gasteiger partial charge in [0.2, 0.25) is 5.91 Å². The number of anilines is 1. The fraction of sp³-hybridized carbons (Fsp3) is 0.286. The van der Waals surface area contributed by atoms with Gasteiger partial charge >= 0.3 is 0 Å². The van der Waals surface area contributed by atoms with Crippen molar-refractivity contribution in [3.63, 3.8) is 0 Å². The normalized spacial score (nSPS) is 11.2. The van der Waals surface area contributed by atoms with Crippen LogP contribution in [0.3, 0.4) is 0 Å². The van der Waals surface area contributed by atoms with Crippen molar-refractivity contribution >= 4 is 39.1 Å². The van der Waals surface area contributed by atoms with Crippen molar-refractivity contribution < 1.29 is 14.3 Å². The number of hydrogen-bond acceptors (Lipinski definition) is 4. The van der Waals surface area contributed by atoms with Crippen molar-refractivity contribution in [3.05, 3.63) is 58.6 Å². The number of nitrogens with zero attached hydrogens (tertiary/aromatic N) is 1. The third kappa shape index (κ3) is 7.52. The molecule has 2 amide bonds. The Morgan fingerprint density at radius 2 is 1.68 bits per heavy atom. The largest absolute Gasteiger partial charge is 0.484 e. The van der Waals surface area contributed by atoms with E-state index in [0.29, 0.717) is 17.4 Å². The van der Waals surface area contributed by atoms with Crippen LogP contribution in [-0.2, 0) is 9.59 Å². The van der Waals surface area contributed by atoms with Crippen LogP contribution in [0, 0.1) is 0 Å². The molecule has 6 nitrogen and oxygen atoms in total. The van der Waals surface area contributed by atoms with Gasteiger partial charge in [-0.25, -0.2) is 5.43 Å². The van der Waals surface area contributed by atoms with Gasteiger partial charge in [-0.15, -0.1) is 0 Å². The third-order valence-corrected chi connectivity index (χ3v) is 4.36. The summed E-state index contributed by atoms with van der Waals surface area (Å²) in [5.41, 5.74) is 4.82. The van der Waals surface area contributed by atoms with Crippen LogP contribution >= 0.6 is 15.9 Å². The molecule has 2 rings (SSSR count). The molecule has 0 aliphatic rings. The molecule has 0 saturated carbocycles. The lowest BCUT2D eigenvalue weighted by atomic mass is 10.0. The molecular formula is C21H24BrN3O3. The van der Waals surface area contributed by atoms with Crippen LogP contribution in [0.2, 0.25) is 0 Å². The van der Waals surface area contributed by atoms with Gasteiger partial charge in [-0.2, -0.15) is 5.10 Å². The molecule has 0 aliphatic carbocycles. The number of benzene rings is 2. The van der Waals surface area contributed by atoms with E-state index in [-0.39, 0.29) is 18.9 Å². The van der Waals surface area contributed by atoms with Crippen LogP contribution in [-0.4, -0.2) is 24.1 Å². The molecule has 0 fully saturated rings. The second-order valence-electron chi connectivity index (χ2n) is 6.63. The Balaban J connectivity index is 1.75. The summed E-state index contributed by atoms with van der Waals surface area (Å²) in [6.45, 7) is 5.75. The van der Waals surface area contributed by atoms with E-state index in [1.807, 2.05) is 36.4 Å². The first kappa shape index (κ1) is 21.6. The first-order valence-corrected chi connectivity index (χ1v) is 9.73. The number of amides is 2. The highest BCUT2D eigenvalue weighted by molar-refractivity contribution is 9.10. The smallest absolute Gasteiger partial charge is 0.277 e. The van der Waals surface area contributed by atoms with Gasteiger partial charge in [0, 0.05) is 15.9 Å². The summed E-state index contributed by atoms with van der Waals surface area (Å²) in [5, 5.41) is 6.75. The van der Waals surface area contributed by atoms with Gasteiger partial charge in [0.25, 0.3) is 5.91 Å². The van der Waals surface area contributed by atoms with Crippen molar-refractivity contribution in [1.29, 1.82) is 0 Å². The van der Waals surface area contributed by atoms with E-state index < -0.39 is 5.91 Å². The molecule has 0 radical (unpaired) electrons. The Hall–Kier alpha value is -2.67. The SMILES string of the molecule is C/C(CC(=O)Nc1ccc(C(C)C)cc1)=N\NC(=O)COc1ccc(Br)cc1. The number of carbonyl (C=O) groups is 2. The van der Waals surface area contributed by atoms with Gasteiger partial charge in [-0.05, 0) is 54.8 Å². The van der Waals surface area contributed by atoms with E-state index in [1.165, 1.54) is 5.56 Å². The standard InChI is InChI=1S/C21H24BrN3O3/c1-14(2)16-4-8-18(9-5-16)23-20(26)12-15(3)24-25-21(27)13-28-19-10-6-17(22)7-11-19/h4-11,14H,12-13H2,1-3H3,(H,23,26)(H,25,27)/b24-15+. The highest BCUT2D eigenvalue weighted by Crippen LogP contribution is 2.17. The van der Waals surface area contributed by atoms with Crippen molar-refractivity contribution in [2.45, 2.75) is 33.1 Å². The van der Waals surface area contributed by atoms with E-state index in [2.05, 4.69) is 45.6 Å². The van der Waals surface area contributed by atoms with Gasteiger partial charge in [0.15, 0.2) is 6.61 Å². The quantitative estimate of drug-likeness (QED) is 0.464. The minimum absolute atomic E-state index is 0.0831. The summed E-state index contributed by atoms with van der Waals surface area (Å²) in [7, 11) is 0. The van der Waals surface area contributed by atoms with Crippen LogP contribution in [0.15, 0.2) is 58.1 Å². The summed E-state index contributed by atoms with van der Waals surface area (Å²) < 4.78 is 6.29. The van der Waals surface area contributed by atoms with E-state index in [1.54, 1.807) is 19.1 Å². The number of nitrogens with one attached hydrogen (secondary N) is 2. The van der Waals surface area contributed by atoms with Gasteiger partial charge in [0.1, 0.15) is 5.75 Å². The molecule has 0 unspecified atom stereocenters. The highest BCUT2D eigenvalue weighted by atomic mass is 79.9. The molecule has 0 atom stereocenters. The second kappa shape index (κ2) is 10.6. The molecule has 0 aliphatic heterocycles. The molecule has 0 bridgehead atoms. The number of rotatable bonds is 8. The molecule has 0 aromatic heterocycles. The van der Waals surface area contributed by atoms with Gasteiger partial charge < -0.3 is 10.1 Å². The molecular weight excluding hydrogens is 422 g/mol. The van der Waals surface area contributed by atoms with Crippen LogP contribution < -0.4 is 15.5 Å². The Morgan fingerprint density at radius 1 is 1.04 bits per heavy atom. The summed E-state index contributed by atoms with van der Waals surface area (Å²) in [4.78, 5) is 23.9. The zero-order valence-corrected chi connectivity index (χ0v) is 17.7. The van der Waals surface area contributed by atoms with Crippen LogP contribution in [0.4, 0.5) is 5.69 Å². The third-order valence-electron chi connectivity index (χ3n) is 3.83. The van der Waals surface area contributed by atoms with Crippen LogP contribution in [0.5, 0.6) is 5.75 Å². The van der Waals surface area contributed by atoms with Gasteiger partial charge in [-0.3, -0.25) is 9.59 Å². The van der Waals surface area contributed by atoms with E-state index in [4.69, 9.17) is 4.74 Å². The fourth-order valence-corrected chi connectivity index (χ4v) is 2.56. The summed E-state index contributed by atoms with van der Waals surface area (Å²) in [6, 6.07) is 14.9. The Morgan fingerprint density at radius 3 is 2.29 bits per heavy atom. The van der Waals surface area contributed by atoms with Gasteiger partial charge in [-0.1, -0.05) is 41.9 Å². The van der Waals surface area contributed by atoms with Crippen molar-refractivity contribution in [2.24, 2.45) is 5.10 Å². The maximum atomic E-state index is 12.1. The van der Waals surface area contributed by atoms with Crippen LogP contribution in [0.1, 0.15) is 38.7 Å². The van der Waals surface area contributed by atoms with Crippen molar-refractivity contribution in [2.75, 3.05) is 11.9 Å². The molecule has 2 N–H and O–H groups in total. The Labute approximate surface area is 173 Å². The molecule has 28 heavy (non-hydrogen) atoms. The lowest BCUT2D eigenvalue weighted by Gasteiger charge is -2.09. The number of hydrazone groups is 1. The maximum absolute atomic E-state index is 12.1. The first-order chi connectivity index (χ1) is 13.3. The van der Waals surface area contributed by atoms with Crippen LogP contribution in [0.25, 0.3) is 0 Å². The zero-order chi connectivity index (χ0) is 20.5. The van der Waals surface area contributed by atoms with Gasteiger partial charge in [0.05, 0.1) is 6.42 Å². The monoisotopic (exact) mass is 445 g/mol.